The summed E-state index contributed by atoms with van der Waals surface area (Å²) in [7, 11) is 0. The Bertz CT molecular complexity index is 886. The zero-order valence-electron chi connectivity index (χ0n) is 18.1. The van der Waals surface area contributed by atoms with E-state index in [-0.39, 0.29) is 12.0 Å². The van der Waals surface area contributed by atoms with E-state index in [2.05, 4.69) is 36.4 Å². The predicted molar refractivity (Wildman–Crippen MR) is 120 cm³/mol. The molecule has 0 aliphatic rings. The molecule has 1 atom stereocenters. The largest absolute Gasteiger partial charge is 0.491 e. The minimum absolute atomic E-state index is 0.0607. The summed E-state index contributed by atoms with van der Waals surface area (Å²) >= 11 is 0. The Labute approximate surface area is 179 Å². The second-order valence-corrected chi connectivity index (χ2v) is 7.93. The van der Waals surface area contributed by atoms with Crippen molar-refractivity contribution >= 4 is 5.91 Å². The van der Waals surface area contributed by atoms with Gasteiger partial charge in [0.25, 0.3) is 0 Å². The fraction of sp³-hybridized carbons (Fsp3) is 0.346. The molecule has 0 aliphatic heterocycles. The normalized spacial score (nSPS) is 12.0. The number of benzene rings is 2. The molecule has 4 nitrogen and oxygen atoms in total. The lowest BCUT2D eigenvalue weighted by molar-refractivity contribution is -0.129. The van der Waals surface area contributed by atoms with Crippen LogP contribution in [0.5, 0.6) is 5.75 Å². The van der Waals surface area contributed by atoms with Crippen LogP contribution in [0.2, 0.25) is 0 Å². The molecule has 0 aliphatic carbocycles. The lowest BCUT2D eigenvalue weighted by atomic mass is 9.89. The quantitative estimate of drug-likeness (QED) is 0.426. The van der Waals surface area contributed by atoms with Crippen LogP contribution in [0.4, 0.5) is 0 Å². The number of carbonyl (C=O) groups is 1. The van der Waals surface area contributed by atoms with Crippen LogP contribution in [0, 0.1) is 0 Å². The molecule has 0 N–H and O–H groups in total. The molecular weight excluding hydrogens is 374 g/mol. The second kappa shape index (κ2) is 10.7. The summed E-state index contributed by atoms with van der Waals surface area (Å²) in [5.74, 6) is 2.06. The lowest BCUT2D eigenvalue weighted by Crippen LogP contribution is -2.30. The molecule has 0 radical (unpaired) electrons. The Balaban J connectivity index is 1.74. The zero-order valence-corrected chi connectivity index (χ0v) is 18.1. The molecule has 3 aromatic rings. The molecule has 0 saturated carbocycles. The van der Waals surface area contributed by atoms with Gasteiger partial charge in [-0.25, -0.2) is 0 Å². The Morgan fingerprint density at radius 3 is 2.33 bits per heavy atom. The summed E-state index contributed by atoms with van der Waals surface area (Å²) in [4.78, 5) is 14.0. The molecule has 1 aromatic heterocycles. The van der Waals surface area contributed by atoms with Gasteiger partial charge in [0.1, 0.15) is 11.5 Å². The van der Waals surface area contributed by atoms with E-state index in [0.29, 0.717) is 19.0 Å². The summed E-state index contributed by atoms with van der Waals surface area (Å²) in [5, 5.41) is 0. The molecule has 0 fully saturated rings. The monoisotopic (exact) mass is 405 g/mol. The van der Waals surface area contributed by atoms with Crippen LogP contribution < -0.4 is 4.74 Å². The van der Waals surface area contributed by atoms with Crippen molar-refractivity contribution in [2.75, 3.05) is 6.54 Å². The van der Waals surface area contributed by atoms with Gasteiger partial charge in [0.15, 0.2) is 0 Å². The molecule has 4 heteroatoms. The van der Waals surface area contributed by atoms with Crippen molar-refractivity contribution in [2.24, 2.45) is 0 Å². The molecule has 3 rings (SSSR count). The summed E-state index contributed by atoms with van der Waals surface area (Å²) < 4.78 is 11.2. The first-order valence-corrected chi connectivity index (χ1v) is 10.6. The van der Waals surface area contributed by atoms with Crippen LogP contribution in [-0.4, -0.2) is 23.5 Å². The van der Waals surface area contributed by atoms with Crippen LogP contribution in [0.1, 0.15) is 50.0 Å². The van der Waals surface area contributed by atoms with Gasteiger partial charge >= 0.3 is 0 Å². The third-order valence-corrected chi connectivity index (χ3v) is 5.17. The van der Waals surface area contributed by atoms with Crippen molar-refractivity contribution in [3.05, 3.63) is 89.9 Å². The van der Waals surface area contributed by atoms with E-state index in [1.54, 1.807) is 13.2 Å². The third-order valence-electron chi connectivity index (χ3n) is 5.17. The van der Waals surface area contributed by atoms with Gasteiger partial charge in [0.05, 0.1) is 18.9 Å². The van der Waals surface area contributed by atoms with E-state index < -0.39 is 0 Å². The number of furan rings is 1. The van der Waals surface area contributed by atoms with Crippen molar-refractivity contribution in [3.8, 4) is 5.75 Å². The molecule has 30 heavy (non-hydrogen) atoms. The standard InChI is InChI=1S/C26H31NO3/c1-20(2)30-25-13-11-23(12-14-25)24(18-22-8-5-4-6-9-22)15-16-27(21(3)28)19-26-10-7-17-29-26/h4-14,17,20,24H,15-16,18-19H2,1-3H3/t24-/m0/s1. The smallest absolute Gasteiger partial charge is 0.219 e. The average molecular weight is 406 g/mol. The van der Waals surface area contributed by atoms with E-state index in [1.807, 2.05) is 49.1 Å². The average Bonchev–Trinajstić information content (AvgIpc) is 3.24. The Hall–Kier alpha value is -3.01. The number of amides is 1. The van der Waals surface area contributed by atoms with Gasteiger partial charge in [0, 0.05) is 13.5 Å². The van der Waals surface area contributed by atoms with Crippen molar-refractivity contribution in [2.45, 2.75) is 52.2 Å². The number of hydrogen-bond donors (Lipinski definition) is 0. The highest BCUT2D eigenvalue weighted by molar-refractivity contribution is 5.73. The number of rotatable bonds is 10. The molecule has 1 amide bonds. The van der Waals surface area contributed by atoms with Crippen LogP contribution in [0.15, 0.2) is 77.4 Å². The van der Waals surface area contributed by atoms with Crippen molar-refractivity contribution in [1.82, 2.24) is 4.90 Å². The molecule has 0 spiro atoms. The first kappa shape index (κ1) is 21.7. The van der Waals surface area contributed by atoms with E-state index in [1.165, 1.54) is 11.1 Å². The van der Waals surface area contributed by atoms with Crippen LogP contribution >= 0.6 is 0 Å². The van der Waals surface area contributed by atoms with E-state index >= 15 is 0 Å². The van der Waals surface area contributed by atoms with Gasteiger partial charge in [-0.3, -0.25) is 4.79 Å². The first-order chi connectivity index (χ1) is 14.5. The van der Waals surface area contributed by atoms with Gasteiger partial charge in [-0.2, -0.15) is 0 Å². The Kier molecular flexibility index (Phi) is 7.72. The van der Waals surface area contributed by atoms with Crippen molar-refractivity contribution in [1.29, 1.82) is 0 Å². The van der Waals surface area contributed by atoms with Gasteiger partial charge in [-0.05, 0) is 68.0 Å². The zero-order chi connectivity index (χ0) is 21.3. The highest BCUT2D eigenvalue weighted by Gasteiger charge is 2.17. The summed E-state index contributed by atoms with van der Waals surface area (Å²) in [6.45, 7) is 6.86. The van der Waals surface area contributed by atoms with Gasteiger partial charge in [-0.15, -0.1) is 0 Å². The Morgan fingerprint density at radius 1 is 1.00 bits per heavy atom. The number of nitrogens with zero attached hydrogens (tertiary/aromatic N) is 1. The molecule has 2 aromatic carbocycles. The van der Waals surface area contributed by atoms with E-state index in [0.717, 1.165) is 24.4 Å². The van der Waals surface area contributed by atoms with Gasteiger partial charge in [-0.1, -0.05) is 42.5 Å². The van der Waals surface area contributed by atoms with Crippen LogP contribution in [0.25, 0.3) is 0 Å². The van der Waals surface area contributed by atoms with Gasteiger partial charge < -0.3 is 14.1 Å². The van der Waals surface area contributed by atoms with Gasteiger partial charge in [0.2, 0.25) is 5.91 Å². The predicted octanol–water partition coefficient (Wildman–Crippen LogP) is 5.83. The number of carbonyl (C=O) groups excluding carboxylic acids is 1. The van der Waals surface area contributed by atoms with Crippen LogP contribution in [0.3, 0.4) is 0 Å². The topological polar surface area (TPSA) is 42.7 Å². The fourth-order valence-corrected chi connectivity index (χ4v) is 3.63. The SMILES string of the molecule is CC(=O)N(CC[C@@H](Cc1ccccc1)c1ccc(OC(C)C)cc1)Cc1ccco1. The van der Waals surface area contributed by atoms with Crippen molar-refractivity contribution in [3.63, 3.8) is 0 Å². The Morgan fingerprint density at radius 2 is 1.73 bits per heavy atom. The second-order valence-electron chi connectivity index (χ2n) is 7.93. The minimum atomic E-state index is 0.0607. The maximum atomic E-state index is 12.2. The summed E-state index contributed by atoms with van der Waals surface area (Å²) in [6, 6.07) is 22.7. The third kappa shape index (κ3) is 6.51. The molecule has 0 bridgehead atoms. The number of hydrogen-bond acceptors (Lipinski definition) is 3. The maximum absolute atomic E-state index is 12.2. The molecule has 158 valence electrons. The van der Waals surface area contributed by atoms with E-state index in [9.17, 15) is 4.79 Å². The molecule has 0 unspecified atom stereocenters. The summed E-state index contributed by atoms with van der Waals surface area (Å²) in [5.41, 5.74) is 2.56. The highest BCUT2D eigenvalue weighted by Crippen LogP contribution is 2.27. The lowest BCUT2D eigenvalue weighted by Gasteiger charge is -2.24. The molecule has 1 heterocycles. The number of ether oxygens (including phenoxy) is 1. The van der Waals surface area contributed by atoms with E-state index in [4.69, 9.17) is 9.15 Å². The summed E-state index contributed by atoms with van der Waals surface area (Å²) in [6.07, 6.45) is 3.60. The molecular formula is C26H31NO3. The minimum Gasteiger partial charge on any atom is -0.491 e. The van der Waals surface area contributed by atoms with Crippen molar-refractivity contribution < 1.29 is 13.9 Å². The maximum Gasteiger partial charge on any atom is 0.219 e. The highest BCUT2D eigenvalue weighted by atomic mass is 16.5. The van der Waals surface area contributed by atoms with Crippen LogP contribution in [-0.2, 0) is 17.8 Å². The fourth-order valence-electron chi connectivity index (χ4n) is 3.63. The molecule has 0 saturated heterocycles. The first-order valence-electron chi connectivity index (χ1n) is 10.6.